The van der Waals surface area contributed by atoms with Crippen LogP contribution in [-0.2, 0) is 9.84 Å². The van der Waals surface area contributed by atoms with Crippen LogP contribution < -0.4 is 4.74 Å². The van der Waals surface area contributed by atoms with Gasteiger partial charge in [0, 0.05) is 13.1 Å². The number of nitrogens with zero attached hydrogens (tertiary/aromatic N) is 1. The van der Waals surface area contributed by atoms with Crippen LogP contribution in [0, 0.1) is 5.92 Å². The number of para-hydroxylation sites is 1. The highest BCUT2D eigenvalue weighted by molar-refractivity contribution is 7.92. The van der Waals surface area contributed by atoms with Gasteiger partial charge in [0.1, 0.15) is 5.75 Å². The summed E-state index contributed by atoms with van der Waals surface area (Å²) in [4.78, 5) is 13.9. The summed E-state index contributed by atoms with van der Waals surface area (Å²) < 4.78 is 29.3. The third-order valence-electron chi connectivity index (χ3n) is 3.55. The highest BCUT2D eigenvalue weighted by Crippen LogP contribution is 2.25. The average Bonchev–Trinajstić information content (AvgIpc) is 2.34. The largest absolute Gasteiger partial charge is 0.496 e. The van der Waals surface area contributed by atoms with Crippen LogP contribution in [0.25, 0.3) is 0 Å². The van der Waals surface area contributed by atoms with Gasteiger partial charge in [-0.05, 0) is 18.1 Å². The van der Waals surface area contributed by atoms with Crippen LogP contribution in [-0.4, -0.2) is 50.4 Å². The molecule has 1 heterocycles. The smallest absolute Gasteiger partial charge is 0.257 e. The molecule has 0 spiro atoms. The van der Waals surface area contributed by atoms with Gasteiger partial charge in [-0.25, -0.2) is 8.42 Å². The van der Waals surface area contributed by atoms with E-state index in [1.807, 2.05) is 13.8 Å². The first-order valence-electron chi connectivity index (χ1n) is 6.99. The zero-order valence-electron chi connectivity index (χ0n) is 12.6. The van der Waals surface area contributed by atoms with Crippen molar-refractivity contribution in [1.82, 2.24) is 4.90 Å². The number of sulfone groups is 1. The maximum absolute atomic E-state index is 12.4. The lowest BCUT2D eigenvalue weighted by atomic mass is 10.1. The molecule has 0 saturated carbocycles. The summed E-state index contributed by atoms with van der Waals surface area (Å²) in [6.07, 6.45) is 0. The summed E-state index contributed by atoms with van der Waals surface area (Å²) >= 11 is 0. The molecule has 0 bridgehead atoms. The molecule has 1 aromatic carbocycles. The number of hydrogen-bond acceptors (Lipinski definition) is 4. The van der Waals surface area contributed by atoms with Crippen molar-refractivity contribution in [3.63, 3.8) is 0 Å². The van der Waals surface area contributed by atoms with E-state index in [-0.39, 0.29) is 30.7 Å². The molecule has 1 aliphatic rings. The van der Waals surface area contributed by atoms with Crippen molar-refractivity contribution in [2.45, 2.75) is 19.1 Å². The Bertz CT molecular complexity index is 618. The molecular formula is C15H21NO4S. The van der Waals surface area contributed by atoms with Crippen LogP contribution in [0.4, 0.5) is 0 Å². The summed E-state index contributed by atoms with van der Waals surface area (Å²) in [5.74, 6) is 0.613. The monoisotopic (exact) mass is 311 g/mol. The molecule has 0 radical (unpaired) electrons. The Labute approximate surface area is 125 Å². The molecule has 5 nitrogen and oxygen atoms in total. The van der Waals surface area contributed by atoms with E-state index in [2.05, 4.69) is 0 Å². The molecule has 1 amide bonds. The SMILES string of the molecule is COc1ccccc1C(=O)N1CC(S(=O)(=O)CC(C)C)C1. The number of carbonyl (C=O) groups is 1. The number of ether oxygens (including phenoxy) is 1. The van der Waals surface area contributed by atoms with Gasteiger partial charge < -0.3 is 9.64 Å². The molecule has 0 N–H and O–H groups in total. The zero-order valence-corrected chi connectivity index (χ0v) is 13.4. The minimum Gasteiger partial charge on any atom is -0.496 e. The van der Waals surface area contributed by atoms with Crippen LogP contribution >= 0.6 is 0 Å². The van der Waals surface area contributed by atoms with E-state index in [9.17, 15) is 13.2 Å². The second kappa shape index (κ2) is 6.05. The van der Waals surface area contributed by atoms with Crippen LogP contribution in [0.2, 0.25) is 0 Å². The second-order valence-corrected chi connectivity index (χ2v) is 8.08. The minimum atomic E-state index is -3.11. The van der Waals surface area contributed by atoms with Gasteiger partial charge in [0.05, 0.1) is 23.7 Å². The highest BCUT2D eigenvalue weighted by Gasteiger charge is 2.40. The lowest BCUT2D eigenvalue weighted by molar-refractivity contribution is 0.0655. The van der Waals surface area contributed by atoms with Gasteiger partial charge in [-0.2, -0.15) is 0 Å². The molecule has 1 fully saturated rings. The van der Waals surface area contributed by atoms with Gasteiger partial charge in [-0.15, -0.1) is 0 Å². The van der Waals surface area contributed by atoms with E-state index in [1.165, 1.54) is 7.11 Å². The Morgan fingerprint density at radius 2 is 1.95 bits per heavy atom. The molecule has 6 heteroatoms. The first kappa shape index (κ1) is 15.8. The zero-order chi connectivity index (χ0) is 15.6. The van der Waals surface area contributed by atoms with Crippen LogP contribution in [0.3, 0.4) is 0 Å². The van der Waals surface area contributed by atoms with Crippen LogP contribution in [0.5, 0.6) is 5.75 Å². The summed E-state index contributed by atoms with van der Waals surface area (Å²) in [6, 6.07) is 6.97. The van der Waals surface area contributed by atoms with Crippen LogP contribution in [0.1, 0.15) is 24.2 Å². The molecule has 1 aliphatic heterocycles. The second-order valence-electron chi connectivity index (χ2n) is 5.76. The standard InChI is InChI=1S/C15H21NO4S/c1-11(2)10-21(18,19)12-8-16(9-12)15(17)13-6-4-5-7-14(13)20-3/h4-7,11-12H,8-10H2,1-3H3. The van der Waals surface area contributed by atoms with Crippen molar-refractivity contribution in [2.24, 2.45) is 5.92 Å². The number of methoxy groups -OCH3 is 1. The predicted octanol–water partition coefficient (Wildman–Crippen LogP) is 1.59. The molecule has 116 valence electrons. The summed E-state index contributed by atoms with van der Waals surface area (Å²) in [5.41, 5.74) is 0.472. The lowest BCUT2D eigenvalue weighted by Crippen LogP contribution is -2.57. The summed E-state index contributed by atoms with van der Waals surface area (Å²) in [7, 11) is -1.60. The van der Waals surface area contributed by atoms with Crippen molar-refractivity contribution in [3.8, 4) is 5.75 Å². The van der Waals surface area contributed by atoms with Gasteiger partial charge in [-0.3, -0.25) is 4.79 Å². The van der Waals surface area contributed by atoms with E-state index < -0.39 is 15.1 Å². The van der Waals surface area contributed by atoms with Crippen LogP contribution in [0.15, 0.2) is 24.3 Å². The quantitative estimate of drug-likeness (QED) is 0.828. The number of benzene rings is 1. The number of carbonyl (C=O) groups excluding carboxylic acids is 1. The summed E-state index contributed by atoms with van der Waals surface area (Å²) in [6.45, 7) is 4.31. The summed E-state index contributed by atoms with van der Waals surface area (Å²) in [5, 5.41) is -0.432. The fraction of sp³-hybridized carbons (Fsp3) is 0.533. The van der Waals surface area contributed by atoms with E-state index in [1.54, 1.807) is 29.2 Å². The Hall–Kier alpha value is -1.56. The van der Waals surface area contributed by atoms with Crippen molar-refractivity contribution >= 4 is 15.7 Å². The third kappa shape index (κ3) is 3.37. The maximum Gasteiger partial charge on any atom is 0.257 e. The average molecular weight is 311 g/mol. The fourth-order valence-electron chi connectivity index (χ4n) is 2.42. The molecule has 21 heavy (non-hydrogen) atoms. The fourth-order valence-corrected chi connectivity index (χ4v) is 4.44. The number of hydrogen-bond donors (Lipinski definition) is 0. The van der Waals surface area contributed by atoms with Gasteiger partial charge in [-0.1, -0.05) is 26.0 Å². The molecule has 1 aromatic rings. The molecular weight excluding hydrogens is 290 g/mol. The molecule has 0 aromatic heterocycles. The van der Waals surface area contributed by atoms with Gasteiger partial charge in [0.15, 0.2) is 9.84 Å². The molecule has 0 aliphatic carbocycles. The first-order valence-corrected chi connectivity index (χ1v) is 8.70. The van der Waals surface area contributed by atoms with E-state index in [0.29, 0.717) is 11.3 Å². The number of amides is 1. The molecule has 2 rings (SSSR count). The number of rotatable bonds is 5. The molecule has 0 atom stereocenters. The van der Waals surface area contributed by atoms with Gasteiger partial charge >= 0.3 is 0 Å². The van der Waals surface area contributed by atoms with Crippen molar-refractivity contribution in [2.75, 3.05) is 26.0 Å². The highest BCUT2D eigenvalue weighted by atomic mass is 32.2. The lowest BCUT2D eigenvalue weighted by Gasteiger charge is -2.39. The first-order chi connectivity index (χ1) is 9.85. The molecule has 0 unspecified atom stereocenters. The normalized spacial score (nSPS) is 15.9. The number of likely N-dealkylation sites (tertiary alicyclic amines) is 1. The van der Waals surface area contributed by atoms with Crippen molar-refractivity contribution in [1.29, 1.82) is 0 Å². The van der Waals surface area contributed by atoms with Gasteiger partial charge in [0.25, 0.3) is 5.91 Å². The Balaban J connectivity index is 2.03. The topological polar surface area (TPSA) is 63.7 Å². The predicted molar refractivity (Wildman–Crippen MR) is 81.3 cm³/mol. The minimum absolute atomic E-state index is 0.106. The van der Waals surface area contributed by atoms with Crippen molar-refractivity contribution in [3.05, 3.63) is 29.8 Å². The third-order valence-corrected chi connectivity index (χ3v) is 5.99. The van der Waals surface area contributed by atoms with Gasteiger partial charge in [0.2, 0.25) is 0 Å². The molecule has 1 saturated heterocycles. The van der Waals surface area contributed by atoms with Crippen molar-refractivity contribution < 1.29 is 17.9 Å². The van der Waals surface area contributed by atoms with E-state index >= 15 is 0 Å². The van der Waals surface area contributed by atoms with E-state index in [0.717, 1.165) is 0 Å². The Kier molecular flexibility index (Phi) is 4.56. The van der Waals surface area contributed by atoms with E-state index in [4.69, 9.17) is 4.74 Å². The Morgan fingerprint density at radius 3 is 2.52 bits per heavy atom. The Morgan fingerprint density at radius 1 is 1.33 bits per heavy atom. The maximum atomic E-state index is 12.4.